The molecule has 0 unspecified atom stereocenters. The first-order chi connectivity index (χ1) is 13.6. The van der Waals surface area contributed by atoms with Gasteiger partial charge in [0.1, 0.15) is 17.3 Å². The van der Waals surface area contributed by atoms with Gasteiger partial charge in [0, 0.05) is 16.5 Å². The zero-order valence-corrected chi connectivity index (χ0v) is 17.0. The average Bonchev–Trinajstić information content (AvgIpc) is 3.19. The third-order valence-electron chi connectivity index (χ3n) is 3.95. The number of nitrogens with one attached hydrogen (secondary N) is 2. The number of ether oxygens (including phenoxy) is 2. The molecule has 0 saturated carbocycles. The third-order valence-corrected chi connectivity index (χ3v) is 4.44. The smallest absolute Gasteiger partial charge is 0.220 e. The Labute approximate surface area is 171 Å². The SMILES string of the molecule is COc1ccc(-c2n[nH]c(CNC(=O)CCCOc3cccc(Br)c3)n2)cc1. The fourth-order valence-electron chi connectivity index (χ4n) is 2.49. The highest BCUT2D eigenvalue weighted by Crippen LogP contribution is 2.19. The van der Waals surface area contributed by atoms with E-state index in [9.17, 15) is 4.79 Å². The quantitative estimate of drug-likeness (QED) is 0.490. The first-order valence-electron chi connectivity index (χ1n) is 8.85. The molecule has 1 amide bonds. The lowest BCUT2D eigenvalue weighted by Gasteiger charge is -2.06. The molecule has 0 spiro atoms. The maximum Gasteiger partial charge on any atom is 0.220 e. The van der Waals surface area contributed by atoms with E-state index in [1.807, 2.05) is 48.5 Å². The summed E-state index contributed by atoms with van der Waals surface area (Å²) < 4.78 is 11.7. The van der Waals surface area contributed by atoms with Crippen LogP contribution >= 0.6 is 15.9 Å². The molecule has 3 aromatic rings. The number of rotatable bonds is 9. The number of amides is 1. The van der Waals surface area contributed by atoms with Crippen molar-refractivity contribution in [3.8, 4) is 22.9 Å². The molecule has 2 N–H and O–H groups in total. The molecule has 0 bridgehead atoms. The molecule has 0 radical (unpaired) electrons. The van der Waals surface area contributed by atoms with Crippen LogP contribution in [0.25, 0.3) is 11.4 Å². The van der Waals surface area contributed by atoms with Gasteiger partial charge in [-0.3, -0.25) is 9.89 Å². The molecular weight excluding hydrogens is 424 g/mol. The Bertz CT molecular complexity index is 912. The maximum absolute atomic E-state index is 12.0. The summed E-state index contributed by atoms with van der Waals surface area (Å²) in [5.74, 6) is 2.68. The third kappa shape index (κ3) is 5.82. The van der Waals surface area contributed by atoms with Crippen molar-refractivity contribution >= 4 is 21.8 Å². The number of carbonyl (C=O) groups is 1. The molecule has 2 aromatic carbocycles. The van der Waals surface area contributed by atoms with Gasteiger partial charge in [-0.1, -0.05) is 22.0 Å². The zero-order valence-electron chi connectivity index (χ0n) is 15.4. The molecule has 8 heteroatoms. The molecule has 28 heavy (non-hydrogen) atoms. The van der Waals surface area contributed by atoms with Gasteiger partial charge in [-0.2, -0.15) is 5.10 Å². The van der Waals surface area contributed by atoms with Gasteiger partial charge in [0.15, 0.2) is 5.82 Å². The van der Waals surface area contributed by atoms with Crippen molar-refractivity contribution in [2.24, 2.45) is 0 Å². The van der Waals surface area contributed by atoms with E-state index in [-0.39, 0.29) is 5.91 Å². The lowest BCUT2D eigenvalue weighted by atomic mass is 10.2. The van der Waals surface area contributed by atoms with Crippen LogP contribution in [0.2, 0.25) is 0 Å². The molecule has 0 aliphatic carbocycles. The highest BCUT2D eigenvalue weighted by atomic mass is 79.9. The summed E-state index contributed by atoms with van der Waals surface area (Å²) in [7, 11) is 1.62. The number of methoxy groups -OCH3 is 1. The maximum atomic E-state index is 12.0. The standard InChI is InChI=1S/C20H21BrN4O3/c1-27-16-9-7-14(8-10-16)20-23-18(24-25-20)13-22-19(26)6-3-11-28-17-5-2-4-15(21)12-17/h2,4-5,7-10,12H,3,6,11,13H2,1H3,(H,22,26)(H,23,24,25). The Kier molecular flexibility index (Phi) is 7.02. The number of aromatic nitrogens is 3. The van der Waals surface area contributed by atoms with Crippen molar-refractivity contribution in [2.75, 3.05) is 13.7 Å². The van der Waals surface area contributed by atoms with E-state index in [1.54, 1.807) is 7.11 Å². The van der Waals surface area contributed by atoms with Gasteiger partial charge >= 0.3 is 0 Å². The molecule has 146 valence electrons. The molecule has 1 heterocycles. The van der Waals surface area contributed by atoms with Crippen LogP contribution < -0.4 is 14.8 Å². The largest absolute Gasteiger partial charge is 0.497 e. The monoisotopic (exact) mass is 444 g/mol. The fraction of sp³-hybridized carbons (Fsp3) is 0.250. The van der Waals surface area contributed by atoms with E-state index in [2.05, 4.69) is 36.4 Å². The summed E-state index contributed by atoms with van der Waals surface area (Å²) in [6, 6.07) is 15.1. The molecule has 0 aliphatic rings. The number of halogens is 1. The van der Waals surface area contributed by atoms with Gasteiger partial charge in [-0.05, 0) is 48.9 Å². The van der Waals surface area contributed by atoms with Crippen LogP contribution in [0.3, 0.4) is 0 Å². The Balaban J connectivity index is 1.39. The zero-order chi connectivity index (χ0) is 19.8. The minimum absolute atomic E-state index is 0.0553. The van der Waals surface area contributed by atoms with Crippen molar-refractivity contribution in [3.05, 3.63) is 58.8 Å². The first-order valence-corrected chi connectivity index (χ1v) is 9.64. The Morgan fingerprint density at radius 2 is 2.00 bits per heavy atom. The number of hydrogen-bond acceptors (Lipinski definition) is 5. The molecule has 1 aromatic heterocycles. The summed E-state index contributed by atoms with van der Waals surface area (Å²) in [6.07, 6.45) is 1.01. The highest BCUT2D eigenvalue weighted by molar-refractivity contribution is 9.10. The fourth-order valence-corrected chi connectivity index (χ4v) is 2.87. The van der Waals surface area contributed by atoms with Crippen molar-refractivity contribution in [1.29, 1.82) is 0 Å². The van der Waals surface area contributed by atoms with Crippen LogP contribution in [0.4, 0.5) is 0 Å². The first kappa shape index (κ1) is 19.9. The van der Waals surface area contributed by atoms with E-state index in [0.29, 0.717) is 37.6 Å². The van der Waals surface area contributed by atoms with Gasteiger partial charge in [0.05, 0.1) is 20.3 Å². The average molecular weight is 445 g/mol. The topological polar surface area (TPSA) is 89.1 Å². The summed E-state index contributed by atoms with van der Waals surface area (Å²) >= 11 is 3.40. The molecule has 0 saturated heterocycles. The number of H-pyrrole nitrogens is 1. The predicted octanol–water partition coefficient (Wildman–Crippen LogP) is 3.72. The van der Waals surface area contributed by atoms with Gasteiger partial charge in [0.25, 0.3) is 0 Å². The van der Waals surface area contributed by atoms with Crippen LogP contribution in [-0.2, 0) is 11.3 Å². The van der Waals surface area contributed by atoms with Crippen molar-refractivity contribution in [1.82, 2.24) is 20.5 Å². The number of carbonyl (C=O) groups excluding carboxylic acids is 1. The lowest BCUT2D eigenvalue weighted by Crippen LogP contribution is -2.23. The van der Waals surface area contributed by atoms with E-state index < -0.39 is 0 Å². The second-order valence-electron chi connectivity index (χ2n) is 6.02. The van der Waals surface area contributed by atoms with Crippen LogP contribution in [0, 0.1) is 0 Å². The van der Waals surface area contributed by atoms with Crippen molar-refractivity contribution in [3.63, 3.8) is 0 Å². The minimum Gasteiger partial charge on any atom is -0.497 e. The van der Waals surface area contributed by atoms with Crippen LogP contribution in [0.15, 0.2) is 53.0 Å². The number of hydrogen-bond donors (Lipinski definition) is 2. The lowest BCUT2D eigenvalue weighted by molar-refractivity contribution is -0.121. The molecule has 0 aliphatic heterocycles. The second kappa shape index (κ2) is 9.89. The van der Waals surface area contributed by atoms with Gasteiger partial charge in [-0.15, -0.1) is 0 Å². The van der Waals surface area contributed by atoms with Gasteiger partial charge in [-0.25, -0.2) is 4.98 Å². The Morgan fingerprint density at radius 1 is 1.18 bits per heavy atom. The van der Waals surface area contributed by atoms with Gasteiger partial charge < -0.3 is 14.8 Å². The van der Waals surface area contributed by atoms with Crippen molar-refractivity contribution < 1.29 is 14.3 Å². The number of nitrogens with zero attached hydrogens (tertiary/aromatic N) is 2. The molecule has 0 atom stereocenters. The molecular formula is C20H21BrN4O3. The van der Waals surface area contributed by atoms with E-state index in [4.69, 9.17) is 9.47 Å². The van der Waals surface area contributed by atoms with E-state index >= 15 is 0 Å². The summed E-state index contributed by atoms with van der Waals surface area (Å²) in [5, 5.41) is 9.86. The Hall–Kier alpha value is -2.87. The molecule has 0 fully saturated rings. The predicted molar refractivity (Wildman–Crippen MR) is 109 cm³/mol. The summed E-state index contributed by atoms with van der Waals surface area (Å²) in [5.41, 5.74) is 0.874. The summed E-state index contributed by atoms with van der Waals surface area (Å²) in [6.45, 7) is 0.780. The second-order valence-corrected chi connectivity index (χ2v) is 6.94. The van der Waals surface area contributed by atoms with Gasteiger partial charge in [0.2, 0.25) is 5.91 Å². The van der Waals surface area contributed by atoms with Crippen LogP contribution in [-0.4, -0.2) is 34.8 Å². The van der Waals surface area contributed by atoms with E-state index in [1.165, 1.54) is 0 Å². The normalized spacial score (nSPS) is 10.5. The Morgan fingerprint density at radius 3 is 2.75 bits per heavy atom. The highest BCUT2D eigenvalue weighted by Gasteiger charge is 2.08. The van der Waals surface area contributed by atoms with E-state index in [0.717, 1.165) is 21.5 Å². The van der Waals surface area contributed by atoms with Crippen LogP contribution in [0.5, 0.6) is 11.5 Å². The number of aromatic amines is 1. The van der Waals surface area contributed by atoms with Crippen molar-refractivity contribution in [2.45, 2.75) is 19.4 Å². The van der Waals surface area contributed by atoms with Crippen LogP contribution in [0.1, 0.15) is 18.7 Å². The minimum atomic E-state index is -0.0553. The summed E-state index contributed by atoms with van der Waals surface area (Å²) in [4.78, 5) is 16.4. The number of benzene rings is 2. The molecule has 3 rings (SSSR count). The molecule has 7 nitrogen and oxygen atoms in total.